The van der Waals surface area contributed by atoms with E-state index in [0.717, 1.165) is 5.57 Å². The van der Waals surface area contributed by atoms with Gasteiger partial charge in [0.05, 0.1) is 0 Å². The summed E-state index contributed by atoms with van der Waals surface area (Å²) in [6, 6.07) is 3.14. The summed E-state index contributed by atoms with van der Waals surface area (Å²) in [5, 5.41) is 0. The average Bonchev–Trinajstić information content (AvgIpc) is 2.40. The molecule has 0 radical (unpaired) electrons. The minimum atomic E-state index is -1.35. The van der Waals surface area contributed by atoms with Crippen LogP contribution in [0.4, 0.5) is 0 Å². The fourth-order valence-corrected chi connectivity index (χ4v) is 3.42. The molecule has 0 aromatic carbocycles. The topological polar surface area (TPSA) is 90.1 Å². The third kappa shape index (κ3) is 1.49. The van der Waals surface area contributed by atoms with Crippen molar-refractivity contribution in [3.05, 3.63) is 41.2 Å². The lowest BCUT2D eigenvalue weighted by Crippen LogP contribution is -2.56. The Morgan fingerprint density at radius 2 is 2.20 bits per heavy atom. The highest BCUT2D eigenvalue weighted by molar-refractivity contribution is 6.14. The molecule has 1 amide bonds. The number of pyridine rings is 1. The van der Waals surface area contributed by atoms with E-state index >= 15 is 0 Å². The van der Waals surface area contributed by atoms with Crippen molar-refractivity contribution >= 4 is 18.0 Å². The van der Waals surface area contributed by atoms with Gasteiger partial charge in [0.25, 0.3) is 0 Å². The largest absolute Gasteiger partial charge is 0.368 e. The molecule has 2 unspecified atom stereocenters. The van der Waals surface area contributed by atoms with Gasteiger partial charge >= 0.3 is 0 Å². The maximum atomic E-state index is 12.6. The van der Waals surface area contributed by atoms with E-state index in [1.165, 1.54) is 6.07 Å². The summed E-state index contributed by atoms with van der Waals surface area (Å²) in [7, 11) is 0. The Morgan fingerprint density at radius 1 is 1.45 bits per heavy atom. The van der Waals surface area contributed by atoms with E-state index in [4.69, 9.17) is 5.73 Å². The number of carbonyl (C=O) groups is 3. The maximum Gasteiger partial charge on any atom is 0.236 e. The minimum absolute atomic E-state index is 0.134. The molecule has 1 aromatic rings. The Kier molecular flexibility index (Phi) is 2.61. The molecule has 5 heteroatoms. The molecule has 2 N–H and O–H groups in total. The second kappa shape index (κ2) is 4.10. The van der Waals surface area contributed by atoms with Crippen LogP contribution in [0.25, 0.3) is 0 Å². The van der Waals surface area contributed by atoms with Gasteiger partial charge in [0, 0.05) is 18.0 Å². The lowest BCUT2D eigenvalue weighted by atomic mass is 9.58. The Hall–Kier alpha value is -2.30. The molecule has 5 nitrogen and oxygen atoms in total. The summed E-state index contributed by atoms with van der Waals surface area (Å²) >= 11 is 0. The second-order valence-corrected chi connectivity index (χ2v) is 5.51. The highest BCUT2D eigenvalue weighted by Crippen LogP contribution is 2.47. The van der Waals surface area contributed by atoms with Gasteiger partial charge < -0.3 is 5.73 Å². The van der Waals surface area contributed by atoms with E-state index in [9.17, 15) is 14.4 Å². The van der Waals surface area contributed by atoms with Crippen LogP contribution in [0, 0.1) is 5.92 Å². The van der Waals surface area contributed by atoms with Crippen molar-refractivity contribution in [1.82, 2.24) is 4.98 Å². The molecular weight excluding hydrogens is 256 g/mol. The minimum Gasteiger partial charge on any atom is -0.368 e. The van der Waals surface area contributed by atoms with E-state index in [-0.39, 0.29) is 18.1 Å². The number of hydrogen-bond acceptors (Lipinski definition) is 4. The fraction of sp³-hybridized carbons (Fsp3) is 0.333. The zero-order valence-corrected chi connectivity index (χ0v) is 10.9. The van der Waals surface area contributed by atoms with Crippen LogP contribution >= 0.6 is 0 Å². The fourth-order valence-electron chi connectivity index (χ4n) is 3.42. The molecule has 1 heterocycles. The standard InChI is InChI=1S/C15H14N2O3/c1-8-4-9-5-12-11(3-2-10(7-18)17-12)15(6-8,13(9)19)14(16)20/h2-3,7,9H,1,4-6H2,(H2,16,20). The summed E-state index contributed by atoms with van der Waals surface area (Å²) in [6.45, 7) is 3.93. The smallest absolute Gasteiger partial charge is 0.236 e. The lowest BCUT2D eigenvalue weighted by Gasteiger charge is -2.43. The number of carbonyl (C=O) groups excluding carboxylic acids is 3. The zero-order chi connectivity index (χ0) is 14.5. The molecule has 1 fully saturated rings. The Labute approximate surface area is 115 Å². The number of aromatic nitrogens is 1. The van der Waals surface area contributed by atoms with Crippen molar-refractivity contribution in [2.75, 3.05) is 0 Å². The van der Waals surface area contributed by atoms with Crippen molar-refractivity contribution in [1.29, 1.82) is 0 Å². The van der Waals surface area contributed by atoms with Gasteiger partial charge in [0.2, 0.25) is 5.91 Å². The number of Topliss-reactive ketones (excluding diaryl/α,β-unsaturated/α-hetero) is 1. The first-order valence-electron chi connectivity index (χ1n) is 6.45. The first-order valence-corrected chi connectivity index (χ1v) is 6.45. The van der Waals surface area contributed by atoms with Crippen LogP contribution in [-0.2, 0) is 21.4 Å². The van der Waals surface area contributed by atoms with Crippen LogP contribution in [0.15, 0.2) is 24.3 Å². The van der Waals surface area contributed by atoms with Crippen molar-refractivity contribution < 1.29 is 14.4 Å². The molecule has 2 aliphatic rings. The number of rotatable bonds is 2. The molecular formula is C15H14N2O3. The van der Waals surface area contributed by atoms with Gasteiger partial charge in [-0.15, -0.1) is 0 Å². The highest BCUT2D eigenvalue weighted by atomic mass is 16.2. The predicted octanol–water partition coefficient (Wildman–Crippen LogP) is 0.709. The third-order valence-corrected chi connectivity index (χ3v) is 4.28. The van der Waals surface area contributed by atoms with E-state index < -0.39 is 11.3 Å². The van der Waals surface area contributed by atoms with E-state index in [2.05, 4.69) is 11.6 Å². The normalized spacial score (nSPS) is 27.9. The molecule has 2 aliphatic carbocycles. The number of nitrogens with zero attached hydrogens (tertiary/aromatic N) is 1. The van der Waals surface area contributed by atoms with Crippen LogP contribution in [0.1, 0.15) is 34.6 Å². The second-order valence-electron chi connectivity index (χ2n) is 5.51. The number of nitrogens with two attached hydrogens (primary N) is 1. The van der Waals surface area contributed by atoms with Gasteiger partial charge in [-0.2, -0.15) is 0 Å². The van der Waals surface area contributed by atoms with Crippen LogP contribution < -0.4 is 5.73 Å². The van der Waals surface area contributed by atoms with Crippen molar-refractivity contribution in [3.8, 4) is 0 Å². The molecule has 1 saturated carbocycles. The van der Waals surface area contributed by atoms with Crippen molar-refractivity contribution in [3.63, 3.8) is 0 Å². The van der Waals surface area contributed by atoms with Gasteiger partial charge in [-0.25, -0.2) is 4.98 Å². The van der Waals surface area contributed by atoms with Gasteiger partial charge in [0.15, 0.2) is 12.1 Å². The first kappa shape index (κ1) is 12.7. The maximum absolute atomic E-state index is 12.6. The third-order valence-electron chi connectivity index (χ3n) is 4.28. The molecule has 0 aliphatic heterocycles. The predicted molar refractivity (Wildman–Crippen MR) is 71.1 cm³/mol. The number of ketones is 1. The summed E-state index contributed by atoms with van der Waals surface area (Å²) < 4.78 is 0. The number of amides is 1. The van der Waals surface area contributed by atoms with Gasteiger partial charge in [-0.3, -0.25) is 14.4 Å². The van der Waals surface area contributed by atoms with E-state index in [1.807, 2.05) is 0 Å². The van der Waals surface area contributed by atoms with Crippen LogP contribution in [-0.4, -0.2) is 23.0 Å². The quantitative estimate of drug-likeness (QED) is 0.487. The number of hydrogen-bond donors (Lipinski definition) is 1. The number of primary amides is 1. The SMILES string of the molecule is C=C1CC2Cc3nc(C=O)ccc3C(C(N)=O)(C1)C2=O. The van der Waals surface area contributed by atoms with Gasteiger partial charge in [-0.05, 0) is 24.5 Å². The van der Waals surface area contributed by atoms with E-state index in [1.54, 1.807) is 6.07 Å². The zero-order valence-electron chi connectivity index (χ0n) is 10.9. The van der Waals surface area contributed by atoms with Gasteiger partial charge in [0.1, 0.15) is 11.1 Å². The summed E-state index contributed by atoms with van der Waals surface area (Å²) in [4.78, 5) is 39.7. The van der Waals surface area contributed by atoms with Crippen LogP contribution in [0.2, 0.25) is 0 Å². The van der Waals surface area contributed by atoms with Gasteiger partial charge in [-0.1, -0.05) is 18.2 Å². The molecule has 102 valence electrons. The molecule has 20 heavy (non-hydrogen) atoms. The Bertz CT molecular complexity index is 665. The van der Waals surface area contributed by atoms with Crippen LogP contribution in [0.3, 0.4) is 0 Å². The molecule has 2 atom stereocenters. The van der Waals surface area contributed by atoms with Crippen molar-refractivity contribution in [2.24, 2.45) is 11.7 Å². The number of fused-ring (bicyclic) bond motifs is 4. The molecule has 0 saturated heterocycles. The monoisotopic (exact) mass is 270 g/mol. The summed E-state index contributed by atoms with van der Waals surface area (Å²) in [5.74, 6) is -1.11. The molecule has 1 aromatic heterocycles. The lowest BCUT2D eigenvalue weighted by molar-refractivity contribution is -0.139. The Balaban J connectivity index is 2.28. The molecule has 2 bridgehead atoms. The van der Waals surface area contributed by atoms with Crippen molar-refractivity contribution in [2.45, 2.75) is 24.7 Å². The average molecular weight is 270 g/mol. The highest BCUT2D eigenvalue weighted by Gasteiger charge is 2.55. The Morgan fingerprint density at radius 3 is 2.85 bits per heavy atom. The summed E-state index contributed by atoms with van der Waals surface area (Å²) in [6.07, 6.45) is 1.89. The molecule has 3 rings (SSSR count). The molecule has 0 spiro atoms. The van der Waals surface area contributed by atoms with E-state index in [0.29, 0.717) is 36.1 Å². The summed E-state index contributed by atoms with van der Waals surface area (Å²) in [5.41, 5.74) is 6.53. The number of aldehydes is 1. The number of allylic oxidation sites excluding steroid dienone is 1. The van der Waals surface area contributed by atoms with Crippen LogP contribution in [0.5, 0.6) is 0 Å². The first-order chi connectivity index (χ1) is 9.49.